The summed E-state index contributed by atoms with van der Waals surface area (Å²) in [4.78, 5) is 12.7. The second-order valence-electron chi connectivity index (χ2n) is 5.05. The van der Waals surface area contributed by atoms with Crippen molar-refractivity contribution in [3.63, 3.8) is 0 Å². The van der Waals surface area contributed by atoms with Crippen molar-refractivity contribution in [2.24, 2.45) is 5.92 Å². The van der Waals surface area contributed by atoms with Crippen LogP contribution in [0.1, 0.15) is 18.2 Å². The van der Waals surface area contributed by atoms with Crippen molar-refractivity contribution in [2.45, 2.75) is 19.8 Å². The van der Waals surface area contributed by atoms with E-state index in [1.807, 2.05) is 18.3 Å². The molecule has 3 rings (SSSR count). The molecule has 1 unspecified atom stereocenters. The first-order valence-electron chi connectivity index (χ1n) is 6.57. The van der Waals surface area contributed by atoms with Gasteiger partial charge in [0.25, 0.3) is 0 Å². The minimum Gasteiger partial charge on any atom is -0.295 e. The number of benzene rings is 1. The number of rotatable bonds is 3. The Morgan fingerprint density at radius 1 is 1.37 bits per heavy atom. The molecule has 19 heavy (non-hydrogen) atoms. The zero-order valence-electron chi connectivity index (χ0n) is 10.9. The minimum absolute atomic E-state index is 0.258. The zero-order valence-corrected chi connectivity index (χ0v) is 11.7. The second kappa shape index (κ2) is 5.14. The van der Waals surface area contributed by atoms with Crippen molar-refractivity contribution < 1.29 is 4.79 Å². The Morgan fingerprint density at radius 3 is 2.95 bits per heavy atom. The summed E-state index contributed by atoms with van der Waals surface area (Å²) >= 11 is 1.85. The van der Waals surface area contributed by atoms with Gasteiger partial charge in [-0.1, -0.05) is 35.9 Å². The molecular weight excluding hydrogens is 252 g/mol. The van der Waals surface area contributed by atoms with Gasteiger partial charge in [0.1, 0.15) is 0 Å². The van der Waals surface area contributed by atoms with Crippen LogP contribution in [0, 0.1) is 5.92 Å². The summed E-state index contributed by atoms with van der Waals surface area (Å²) in [5.41, 5.74) is 1.19. The topological polar surface area (TPSA) is 17.1 Å². The van der Waals surface area contributed by atoms with Gasteiger partial charge in [-0.3, -0.25) is 4.79 Å². The molecule has 1 atom stereocenters. The molecule has 1 aromatic carbocycles. The molecule has 1 aliphatic rings. The summed E-state index contributed by atoms with van der Waals surface area (Å²) in [7, 11) is 0. The predicted molar refractivity (Wildman–Crippen MR) is 81.5 cm³/mol. The Bertz CT molecular complexity index is 642. The molecule has 96 valence electrons. The summed E-state index contributed by atoms with van der Waals surface area (Å²) in [5.74, 6) is 0.580. The lowest BCUT2D eigenvalue weighted by Crippen LogP contribution is -1.94. The van der Waals surface area contributed by atoms with E-state index in [9.17, 15) is 4.79 Å². The number of fused-ring (bicyclic) bond motifs is 1. The number of ketones is 1. The fourth-order valence-electron chi connectivity index (χ4n) is 2.50. The van der Waals surface area contributed by atoms with Gasteiger partial charge in [0, 0.05) is 21.9 Å². The lowest BCUT2D eigenvalue weighted by molar-refractivity contribution is -0.114. The average Bonchev–Trinajstić information content (AvgIpc) is 2.92. The molecule has 1 aromatic heterocycles. The molecule has 0 saturated heterocycles. The van der Waals surface area contributed by atoms with Gasteiger partial charge in [0.15, 0.2) is 5.78 Å². The molecule has 2 aromatic rings. The first kappa shape index (κ1) is 12.4. The highest BCUT2D eigenvalue weighted by atomic mass is 32.1. The van der Waals surface area contributed by atoms with Crippen molar-refractivity contribution in [3.8, 4) is 0 Å². The maximum atomic E-state index is 11.3. The maximum absolute atomic E-state index is 11.3. The van der Waals surface area contributed by atoms with Crippen LogP contribution in [0.4, 0.5) is 0 Å². The maximum Gasteiger partial charge on any atom is 0.156 e. The van der Waals surface area contributed by atoms with Crippen molar-refractivity contribution in [1.82, 2.24) is 0 Å². The van der Waals surface area contributed by atoms with Gasteiger partial charge >= 0.3 is 0 Å². The number of hydrogen-bond acceptors (Lipinski definition) is 2. The molecule has 1 nitrogen and oxygen atoms in total. The fraction of sp³-hybridized carbons (Fsp3) is 0.235. The summed E-state index contributed by atoms with van der Waals surface area (Å²) in [5, 5.41) is 1.32. The van der Waals surface area contributed by atoms with Crippen LogP contribution in [0.15, 0.2) is 54.1 Å². The van der Waals surface area contributed by atoms with Gasteiger partial charge in [-0.25, -0.2) is 0 Å². The first-order valence-corrected chi connectivity index (χ1v) is 7.39. The Morgan fingerprint density at radius 2 is 2.21 bits per heavy atom. The molecule has 0 spiro atoms. The number of thiophene rings is 1. The van der Waals surface area contributed by atoms with E-state index in [4.69, 9.17) is 0 Å². The Balaban J connectivity index is 1.69. The van der Waals surface area contributed by atoms with Crippen LogP contribution < -0.4 is 0 Å². The number of allylic oxidation sites excluding steroid dienone is 4. The smallest absolute Gasteiger partial charge is 0.156 e. The summed E-state index contributed by atoms with van der Waals surface area (Å²) in [6.07, 6.45) is 7.76. The van der Waals surface area contributed by atoms with Crippen LogP contribution >= 0.6 is 11.3 Å². The highest BCUT2D eigenvalue weighted by Crippen LogP contribution is 2.27. The third kappa shape index (κ3) is 2.69. The van der Waals surface area contributed by atoms with Crippen molar-refractivity contribution >= 4 is 27.2 Å². The van der Waals surface area contributed by atoms with Gasteiger partial charge in [-0.2, -0.15) is 0 Å². The quantitative estimate of drug-likeness (QED) is 0.747. The van der Waals surface area contributed by atoms with Crippen LogP contribution in [-0.4, -0.2) is 5.78 Å². The van der Waals surface area contributed by atoms with Crippen molar-refractivity contribution in [1.29, 1.82) is 0 Å². The minimum atomic E-state index is 0.258. The van der Waals surface area contributed by atoms with Crippen LogP contribution in [-0.2, 0) is 11.2 Å². The molecule has 0 bridgehead atoms. The highest BCUT2D eigenvalue weighted by Gasteiger charge is 2.18. The van der Waals surface area contributed by atoms with Gasteiger partial charge < -0.3 is 0 Å². The molecule has 0 fully saturated rings. The Labute approximate surface area is 117 Å². The van der Waals surface area contributed by atoms with Gasteiger partial charge in [-0.05, 0) is 36.9 Å². The average molecular weight is 268 g/mol. The zero-order chi connectivity index (χ0) is 13.2. The van der Waals surface area contributed by atoms with E-state index in [0.717, 1.165) is 6.42 Å². The standard InChI is InChI=1S/C17H16OS/c1-12-9-15(18)10-13(12)6-4-7-16-11-14-5-2-3-8-17(14)19-16/h2-6,8-9,11,13H,7,10H2,1H3/b6-4+. The van der Waals surface area contributed by atoms with E-state index in [1.54, 1.807) is 6.08 Å². The van der Waals surface area contributed by atoms with Crippen LogP contribution in [0.3, 0.4) is 0 Å². The molecule has 1 aliphatic carbocycles. The van der Waals surface area contributed by atoms with E-state index in [0.29, 0.717) is 12.3 Å². The highest BCUT2D eigenvalue weighted by molar-refractivity contribution is 7.19. The van der Waals surface area contributed by atoms with E-state index < -0.39 is 0 Å². The van der Waals surface area contributed by atoms with Gasteiger partial charge in [-0.15, -0.1) is 11.3 Å². The summed E-state index contributed by atoms with van der Waals surface area (Å²) in [6, 6.07) is 10.7. The van der Waals surface area contributed by atoms with Crippen molar-refractivity contribution in [2.75, 3.05) is 0 Å². The Kier molecular flexibility index (Phi) is 3.34. The first-order chi connectivity index (χ1) is 9.22. The molecule has 0 N–H and O–H groups in total. The SMILES string of the molecule is CC1=CC(=O)CC1/C=C/Cc1cc2ccccc2s1. The molecule has 0 radical (unpaired) electrons. The molecule has 0 amide bonds. The molecule has 1 heterocycles. The molecule has 0 saturated carbocycles. The number of carbonyl (C=O) groups is 1. The number of carbonyl (C=O) groups excluding carboxylic acids is 1. The molecule has 2 heteroatoms. The summed E-state index contributed by atoms with van der Waals surface area (Å²) < 4.78 is 1.35. The Hall–Kier alpha value is -1.67. The van der Waals surface area contributed by atoms with Crippen LogP contribution in [0.5, 0.6) is 0 Å². The third-order valence-corrected chi connectivity index (χ3v) is 4.70. The molecular formula is C17H16OS. The second-order valence-corrected chi connectivity index (χ2v) is 6.22. The summed E-state index contributed by atoms with van der Waals surface area (Å²) in [6.45, 7) is 2.04. The number of hydrogen-bond donors (Lipinski definition) is 0. The van der Waals surface area contributed by atoms with E-state index in [2.05, 4.69) is 42.5 Å². The van der Waals surface area contributed by atoms with E-state index in [-0.39, 0.29) is 5.78 Å². The van der Waals surface area contributed by atoms with Crippen LogP contribution in [0.2, 0.25) is 0 Å². The van der Waals surface area contributed by atoms with Gasteiger partial charge in [0.05, 0.1) is 0 Å². The fourth-order valence-corrected chi connectivity index (χ4v) is 3.54. The van der Waals surface area contributed by atoms with Crippen molar-refractivity contribution in [3.05, 3.63) is 59.0 Å². The lowest BCUT2D eigenvalue weighted by Gasteiger charge is -2.02. The van der Waals surface area contributed by atoms with E-state index >= 15 is 0 Å². The van der Waals surface area contributed by atoms with E-state index in [1.165, 1.54) is 20.5 Å². The van der Waals surface area contributed by atoms with Crippen LogP contribution in [0.25, 0.3) is 10.1 Å². The monoisotopic (exact) mass is 268 g/mol. The third-order valence-electron chi connectivity index (χ3n) is 3.56. The lowest BCUT2D eigenvalue weighted by atomic mass is 10.0. The molecule has 0 aliphatic heterocycles. The predicted octanol–water partition coefficient (Wildman–Crippen LogP) is 4.54. The largest absolute Gasteiger partial charge is 0.295 e. The normalized spacial score (nSPS) is 19.5. The van der Waals surface area contributed by atoms with Gasteiger partial charge in [0.2, 0.25) is 0 Å².